The number of hydrogen-bond donors (Lipinski definition) is 3. The highest BCUT2D eigenvalue weighted by Crippen LogP contribution is 2.23. The molecule has 21 heavy (non-hydrogen) atoms. The third kappa shape index (κ3) is 5.64. The Kier molecular flexibility index (Phi) is 6.39. The van der Waals surface area contributed by atoms with E-state index in [1.807, 2.05) is 26.0 Å². The van der Waals surface area contributed by atoms with Gasteiger partial charge in [0.25, 0.3) is 0 Å². The number of anilines is 1. The molecule has 6 nitrogen and oxygen atoms in total. The minimum absolute atomic E-state index is 0.181. The highest BCUT2D eigenvalue weighted by Gasteiger charge is 2.15. The van der Waals surface area contributed by atoms with Gasteiger partial charge >= 0.3 is 11.8 Å². The normalized spacial score (nSPS) is 10.1. The van der Waals surface area contributed by atoms with Crippen molar-refractivity contribution in [2.45, 2.75) is 26.7 Å². The maximum atomic E-state index is 11.8. The molecule has 0 spiro atoms. The SMILES string of the molecule is CC(=O)NCCNC(=O)C(=O)Nc1ccccc1C(C)C. The highest BCUT2D eigenvalue weighted by atomic mass is 16.2. The summed E-state index contributed by atoms with van der Waals surface area (Å²) in [5, 5.41) is 7.57. The first-order chi connectivity index (χ1) is 9.91. The second-order valence-corrected chi connectivity index (χ2v) is 4.93. The van der Waals surface area contributed by atoms with E-state index in [4.69, 9.17) is 0 Å². The van der Waals surface area contributed by atoms with Gasteiger partial charge in [0, 0.05) is 25.7 Å². The summed E-state index contributed by atoms with van der Waals surface area (Å²) < 4.78 is 0. The molecule has 0 aliphatic carbocycles. The molecule has 1 rings (SSSR count). The fraction of sp³-hybridized carbons (Fsp3) is 0.400. The average molecular weight is 291 g/mol. The van der Waals surface area contributed by atoms with Crippen molar-refractivity contribution in [2.75, 3.05) is 18.4 Å². The molecule has 0 aliphatic heterocycles. The second kappa shape index (κ2) is 8.04. The maximum Gasteiger partial charge on any atom is 0.313 e. The fourth-order valence-electron chi connectivity index (χ4n) is 1.79. The van der Waals surface area contributed by atoms with Crippen LogP contribution in [0.4, 0.5) is 5.69 Å². The first-order valence-corrected chi connectivity index (χ1v) is 6.84. The second-order valence-electron chi connectivity index (χ2n) is 4.93. The van der Waals surface area contributed by atoms with Crippen molar-refractivity contribution in [1.29, 1.82) is 0 Å². The van der Waals surface area contributed by atoms with Crippen LogP contribution in [0.2, 0.25) is 0 Å². The van der Waals surface area contributed by atoms with Gasteiger partial charge in [0.15, 0.2) is 0 Å². The Morgan fingerprint density at radius 1 is 1.00 bits per heavy atom. The van der Waals surface area contributed by atoms with E-state index in [9.17, 15) is 14.4 Å². The smallest absolute Gasteiger partial charge is 0.313 e. The molecule has 1 aromatic carbocycles. The molecule has 1 aromatic rings. The molecular weight excluding hydrogens is 270 g/mol. The standard InChI is InChI=1S/C15H21N3O3/c1-10(2)12-6-4-5-7-13(12)18-15(21)14(20)17-9-8-16-11(3)19/h4-7,10H,8-9H2,1-3H3,(H,16,19)(H,17,20)(H,18,21). The molecule has 0 fully saturated rings. The van der Waals surface area contributed by atoms with E-state index in [0.29, 0.717) is 5.69 Å². The monoisotopic (exact) mass is 291 g/mol. The Hall–Kier alpha value is -2.37. The molecule has 0 saturated heterocycles. The van der Waals surface area contributed by atoms with Crippen molar-refractivity contribution in [1.82, 2.24) is 10.6 Å². The summed E-state index contributed by atoms with van der Waals surface area (Å²) in [7, 11) is 0. The molecule has 0 atom stereocenters. The maximum absolute atomic E-state index is 11.8. The molecular formula is C15H21N3O3. The van der Waals surface area contributed by atoms with Crippen molar-refractivity contribution in [3.8, 4) is 0 Å². The molecule has 0 radical (unpaired) electrons. The van der Waals surface area contributed by atoms with Gasteiger partial charge in [-0.05, 0) is 17.5 Å². The van der Waals surface area contributed by atoms with E-state index in [2.05, 4.69) is 16.0 Å². The lowest BCUT2D eigenvalue weighted by Crippen LogP contribution is -2.39. The van der Waals surface area contributed by atoms with Gasteiger partial charge in [0.1, 0.15) is 0 Å². The summed E-state index contributed by atoms with van der Waals surface area (Å²) in [6.07, 6.45) is 0. The summed E-state index contributed by atoms with van der Waals surface area (Å²) in [5.74, 6) is -1.38. The van der Waals surface area contributed by atoms with Crippen LogP contribution in [0, 0.1) is 0 Å². The number of carbonyl (C=O) groups excluding carboxylic acids is 3. The van der Waals surface area contributed by atoms with Crippen molar-refractivity contribution in [3.05, 3.63) is 29.8 Å². The van der Waals surface area contributed by atoms with Gasteiger partial charge in [0.2, 0.25) is 5.91 Å². The molecule has 0 saturated carbocycles. The lowest BCUT2D eigenvalue weighted by Gasteiger charge is -2.13. The Balaban J connectivity index is 2.53. The van der Waals surface area contributed by atoms with Crippen LogP contribution in [0.3, 0.4) is 0 Å². The quantitative estimate of drug-likeness (QED) is 0.558. The number of carbonyl (C=O) groups is 3. The van der Waals surface area contributed by atoms with Crippen LogP contribution in [0.25, 0.3) is 0 Å². The molecule has 0 heterocycles. The van der Waals surface area contributed by atoms with Gasteiger partial charge in [-0.15, -0.1) is 0 Å². The number of amides is 3. The van der Waals surface area contributed by atoms with Gasteiger partial charge in [-0.2, -0.15) is 0 Å². The topological polar surface area (TPSA) is 87.3 Å². The molecule has 3 N–H and O–H groups in total. The van der Waals surface area contributed by atoms with Gasteiger partial charge in [-0.25, -0.2) is 0 Å². The number of hydrogen-bond acceptors (Lipinski definition) is 3. The number of benzene rings is 1. The summed E-state index contributed by atoms with van der Waals surface area (Å²) >= 11 is 0. The molecule has 0 unspecified atom stereocenters. The van der Waals surface area contributed by atoms with Crippen molar-refractivity contribution in [3.63, 3.8) is 0 Å². The third-order valence-electron chi connectivity index (χ3n) is 2.82. The summed E-state index contributed by atoms with van der Waals surface area (Å²) in [6.45, 7) is 5.91. The summed E-state index contributed by atoms with van der Waals surface area (Å²) in [6, 6.07) is 7.36. The van der Waals surface area contributed by atoms with Crippen LogP contribution < -0.4 is 16.0 Å². The minimum atomic E-state index is -0.723. The van der Waals surface area contributed by atoms with Gasteiger partial charge in [-0.1, -0.05) is 32.0 Å². The van der Waals surface area contributed by atoms with Crippen LogP contribution in [0.15, 0.2) is 24.3 Å². The van der Waals surface area contributed by atoms with Crippen LogP contribution in [0.5, 0.6) is 0 Å². The van der Waals surface area contributed by atoms with E-state index < -0.39 is 11.8 Å². The van der Waals surface area contributed by atoms with Gasteiger partial charge in [0.05, 0.1) is 0 Å². The van der Waals surface area contributed by atoms with E-state index in [1.165, 1.54) is 6.92 Å². The zero-order chi connectivity index (χ0) is 15.8. The average Bonchev–Trinajstić information content (AvgIpc) is 2.43. The van der Waals surface area contributed by atoms with Gasteiger partial charge in [-0.3, -0.25) is 14.4 Å². The van der Waals surface area contributed by atoms with Crippen LogP contribution >= 0.6 is 0 Å². The highest BCUT2D eigenvalue weighted by molar-refractivity contribution is 6.39. The lowest BCUT2D eigenvalue weighted by molar-refractivity contribution is -0.136. The predicted octanol–water partition coefficient (Wildman–Crippen LogP) is 1.00. The Morgan fingerprint density at radius 2 is 1.62 bits per heavy atom. The van der Waals surface area contributed by atoms with E-state index >= 15 is 0 Å². The molecule has 0 aliphatic rings. The fourth-order valence-corrected chi connectivity index (χ4v) is 1.79. The Bertz CT molecular complexity index is 527. The van der Waals surface area contributed by atoms with E-state index in [1.54, 1.807) is 12.1 Å². The largest absolute Gasteiger partial charge is 0.355 e. The summed E-state index contributed by atoms with van der Waals surface area (Å²) in [4.78, 5) is 34.1. The third-order valence-corrected chi connectivity index (χ3v) is 2.82. The minimum Gasteiger partial charge on any atom is -0.355 e. The first-order valence-electron chi connectivity index (χ1n) is 6.84. The first kappa shape index (κ1) is 16.7. The number of nitrogens with one attached hydrogen (secondary N) is 3. The van der Waals surface area contributed by atoms with Crippen molar-refractivity contribution in [2.24, 2.45) is 0 Å². The molecule has 0 aromatic heterocycles. The molecule has 0 bridgehead atoms. The van der Waals surface area contributed by atoms with E-state index in [-0.39, 0.29) is 24.9 Å². The lowest BCUT2D eigenvalue weighted by atomic mass is 10.0. The number of rotatable bonds is 5. The zero-order valence-corrected chi connectivity index (χ0v) is 12.5. The van der Waals surface area contributed by atoms with Crippen LogP contribution in [-0.4, -0.2) is 30.8 Å². The molecule has 114 valence electrons. The van der Waals surface area contributed by atoms with Crippen molar-refractivity contribution < 1.29 is 14.4 Å². The van der Waals surface area contributed by atoms with Gasteiger partial charge < -0.3 is 16.0 Å². The number of para-hydroxylation sites is 1. The van der Waals surface area contributed by atoms with Crippen molar-refractivity contribution >= 4 is 23.4 Å². The van der Waals surface area contributed by atoms with Crippen LogP contribution in [0.1, 0.15) is 32.3 Å². The summed E-state index contributed by atoms with van der Waals surface area (Å²) in [5.41, 5.74) is 1.60. The molecule has 6 heteroatoms. The van der Waals surface area contributed by atoms with E-state index in [0.717, 1.165) is 5.56 Å². The zero-order valence-electron chi connectivity index (χ0n) is 12.5. The Morgan fingerprint density at radius 3 is 2.24 bits per heavy atom. The predicted molar refractivity (Wildman–Crippen MR) is 80.9 cm³/mol. The Labute approximate surface area is 124 Å². The van der Waals surface area contributed by atoms with Crippen LogP contribution in [-0.2, 0) is 14.4 Å². The molecule has 3 amide bonds.